The number of aromatic nitrogens is 1. The molecular weight excluding hydrogens is 264 g/mol. The van der Waals surface area contributed by atoms with Crippen LogP contribution in [0, 0.1) is 6.92 Å². The number of hydrogen-bond donors (Lipinski definition) is 3. The number of carbonyl (C=O) groups excluding carboxylic acids is 3. The van der Waals surface area contributed by atoms with Crippen molar-refractivity contribution in [1.82, 2.24) is 21.3 Å². The van der Waals surface area contributed by atoms with Gasteiger partial charge in [-0.3, -0.25) is 25.2 Å². The molecule has 0 unspecified atom stereocenters. The Morgan fingerprint density at radius 2 is 1.95 bits per heavy atom. The van der Waals surface area contributed by atoms with Crippen LogP contribution >= 0.6 is 0 Å². The average Bonchev–Trinajstić information content (AvgIpc) is 3.16. The minimum Gasteiger partial charge on any atom is -0.361 e. The van der Waals surface area contributed by atoms with Crippen LogP contribution in [0.4, 0.5) is 0 Å². The lowest BCUT2D eigenvalue weighted by atomic mass is 10.1. The summed E-state index contributed by atoms with van der Waals surface area (Å²) in [6.45, 7) is 3.43. The van der Waals surface area contributed by atoms with E-state index in [2.05, 4.69) is 21.3 Å². The minimum absolute atomic E-state index is 0.0796. The van der Waals surface area contributed by atoms with Crippen molar-refractivity contribution < 1.29 is 18.9 Å². The second kappa shape index (κ2) is 5.72. The Bertz CT molecular complexity index is 548. The van der Waals surface area contributed by atoms with Crippen molar-refractivity contribution in [3.05, 3.63) is 17.0 Å². The predicted octanol–water partition coefficient (Wildman–Crippen LogP) is -0.415. The molecule has 1 aromatic heterocycles. The van der Waals surface area contributed by atoms with E-state index in [1.165, 1.54) is 0 Å². The molecule has 2 rings (SSSR count). The third-order valence-corrected chi connectivity index (χ3v) is 2.90. The van der Waals surface area contributed by atoms with Crippen molar-refractivity contribution in [1.29, 1.82) is 0 Å². The van der Waals surface area contributed by atoms with E-state index in [0.29, 0.717) is 17.9 Å². The summed E-state index contributed by atoms with van der Waals surface area (Å²) in [5.41, 5.74) is 5.01. The zero-order chi connectivity index (χ0) is 14.7. The van der Waals surface area contributed by atoms with Gasteiger partial charge in [-0.05, 0) is 26.2 Å². The Labute approximate surface area is 115 Å². The topological polar surface area (TPSA) is 113 Å². The lowest BCUT2D eigenvalue weighted by Crippen LogP contribution is -2.49. The molecule has 8 nitrogen and oxygen atoms in total. The van der Waals surface area contributed by atoms with E-state index < -0.39 is 17.7 Å². The summed E-state index contributed by atoms with van der Waals surface area (Å²) < 4.78 is 4.92. The molecule has 0 atom stereocenters. The molecule has 8 heteroatoms. The SMILES string of the molecule is CCc1noc(C)c1C(=O)NNC(=O)C(=O)NC1CC1. The zero-order valence-electron chi connectivity index (χ0n) is 11.3. The smallest absolute Gasteiger partial charge is 0.327 e. The number of nitrogens with zero attached hydrogens (tertiary/aromatic N) is 1. The molecule has 0 aliphatic heterocycles. The fourth-order valence-electron chi connectivity index (χ4n) is 1.66. The molecular formula is C12H16N4O4. The number of hydrazine groups is 1. The van der Waals surface area contributed by atoms with E-state index in [0.717, 1.165) is 12.8 Å². The second-order valence-corrected chi connectivity index (χ2v) is 4.57. The molecule has 1 fully saturated rings. The normalized spacial score (nSPS) is 13.7. The molecule has 0 aromatic carbocycles. The van der Waals surface area contributed by atoms with Crippen molar-refractivity contribution in [3.8, 4) is 0 Å². The van der Waals surface area contributed by atoms with Crippen LogP contribution in [0.1, 0.15) is 41.6 Å². The lowest BCUT2D eigenvalue weighted by molar-refractivity contribution is -0.139. The number of rotatable bonds is 3. The summed E-state index contributed by atoms with van der Waals surface area (Å²) in [5, 5.41) is 6.25. The fourth-order valence-corrected chi connectivity index (χ4v) is 1.66. The highest BCUT2D eigenvalue weighted by Gasteiger charge is 2.27. The van der Waals surface area contributed by atoms with Crippen LogP contribution in [-0.2, 0) is 16.0 Å². The maximum atomic E-state index is 11.9. The van der Waals surface area contributed by atoms with E-state index >= 15 is 0 Å². The maximum absolute atomic E-state index is 11.9. The highest BCUT2D eigenvalue weighted by Crippen LogP contribution is 2.18. The first-order valence-corrected chi connectivity index (χ1v) is 6.39. The molecule has 3 amide bonds. The zero-order valence-corrected chi connectivity index (χ0v) is 11.3. The standard InChI is InChI=1S/C12H16N4O4/c1-3-8-9(6(2)20-16-8)10(17)14-15-12(19)11(18)13-7-4-5-7/h7H,3-5H2,1-2H3,(H,13,18)(H,14,17)(H,15,19). The molecule has 108 valence electrons. The van der Waals surface area contributed by atoms with Gasteiger partial charge in [0.05, 0.1) is 5.69 Å². The summed E-state index contributed by atoms with van der Waals surface area (Å²) in [6, 6.07) is 0.0796. The summed E-state index contributed by atoms with van der Waals surface area (Å²) >= 11 is 0. The Hall–Kier alpha value is -2.38. The number of amides is 3. The first-order valence-electron chi connectivity index (χ1n) is 6.39. The minimum atomic E-state index is -0.905. The molecule has 1 saturated carbocycles. The van der Waals surface area contributed by atoms with Gasteiger partial charge in [0.25, 0.3) is 5.91 Å². The van der Waals surface area contributed by atoms with Crippen LogP contribution in [0.5, 0.6) is 0 Å². The first-order chi connectivity index (χ1) is 9.52. The third kappa shape index (κ3) is 3.14. The molecule has 0 saturated heterocycles. The first kappa shape index (κ1) is 14.0. The predicted molar refractivity (Wildman–Crippen MR) is 67.4 cm³/mol. The molecule has 3 N–H and O–H groups in total. The Morgan fingerprint density at radius 1 is 1.25 bits per heavy atom. The number of nitrogens with one attached hydrogen (secondary N) is 3. The van der Waals surface area contributed by atoms with Crippen LogP contribution in [0.25, 0.3) is 0 Å². The molecule has 1 heterocycles. The van der Waals surface area contributed by atoms with E-state index in [1.807, 2.05) is 6.92 Å². The molecule has 0 bridgehead atoms. The Kier molecular flexibility index (Phi) is 4.02. The van der Waals surface area contributed by atoms with Crippen molar-refractivity contribution in [3.63, 3.8) is 0 Å². The van der Waals surface area contributed by atoms with Crippen molar-refractivity contribution in [2.24, 2.45) is 0 Å². The van der Waals surface area contributed by atoms with Crippen LogP contribution in [-0.4, -0.2) is 28.9 Å². The van der Waals surface area contributed by atoms with Crippen LogP contribution in [0.15, 0.2) is 4.52 Å². The molecule has 1 aliphatic rings. The molecule has 0 radical (unpaired) electrons. The monoisotopic (exact) mass is 280 g/mol. The molecule has 20 heavy (non-hydrogen) atoms. The number of hydrogen-bond acceptors (Lipinski definition) is 5. The average molecular weight is 280 g/mol. The largest absolute Gasteiger partial charge is 0.361 e. The van der Waals surface area contributed by atoms with E-state index in [4.69, 9.17) is 4.52 Å². The van der Waals surface area contributed by atoms with Crippen LogP contribution in [0.2, 0.25) is 0 Å². The summed E-state index contributed by atoms with van der Waals surface area (Å²) in [6.07, 6.45) is 2.28. The summed E-state index contributed by atoms with van der Waals surface area (Å²) in [5.74, 6) is -1.87. The van der Waals surface area contributed by atoms with Crippen molar-refractivity contribution in [2.75, 3.05) is 0 Å². The Balaban J connectivity index is 1.89. The van der Waals surface area contributed by atoms with E-state index in [1.54, 1.807) is 6.92 Å². The summed E-state index contributed by atoms with van der Waals surface area (Å²) in [4.78, 5) is 34.7. The van der Waals surface area contributed by atoms with Crippen molar-refractivity contribution >= 4 is 17.7 Å². The number of aryl methyl sites for hydroxylation is 2. The quantitative estimate of drug-likeness (QED) is 0.514. The van der Waals surface area contributed by atoms with Crippen LogP contribution in [0.3, 0.4) is 0 Å². The lowest BCUT2D eigenvalue weighted by Gasteiger charge is -2.07. The van der Waals surface area contributed by atoms with Crippen LogP contribution < -0.4 is 16.2 Å². The van der Waals surface area contributed by atoms with Gasteiger partial charge in [-0.25, -0.2) is 0 Å². The Morgan fingerprint density at radius 3 is 2.55 bits per heavy atom. The highest BCUT2D eigenvalue weighted by molar-refractivity contribution is 6.35. The van der Waals surface area contributed by atoms with E-state index in [-0.39, 0.29) is 11.6 Å². The maximum Gasteiger partial charge on any atom is 0.327 e. The van der Waals surface area contributed by atoms with Gasteiger partial charge in [-0.2, -0.15) is 0 Å². The van der Waals surface area contributed by atoms with Gasteiger partial charge in [0.1, 0.15) is 11.3 Å². The van der Waals surface area contributed by atoms with Gasteiger partial charge < -0.3 is 9.84 Å². The van der Waals surface area contributed by atoms with Gasteiger partial charge in [-0.1, -0.05) is 12.1 Å². The van der Waals surface area contributed by atoms with E-state index in [9.17, 15) is 14.4 Å². The summed E-state index contributed by atoms with van der Waals surface area (Å²) in [7, 11) is 0. The van der Waals surface area contributed by atoms with Crippen molar-refractivity contribution in [2.45, 2.75) is 39.2 Å². The van der Waals surface area contributed by atoms with Gasteiger partial charge in [0, 0.05) is 6.04 Å². The highest BCUT2D eigenvalue weighted by atomic mass is 16.5. The van der Waals surface area contributed by atoms with Gasteiger partial charge >= 0.3 is 11.8 Å². The fraction of sp³-hybridized carbons (Fsp3) is 0.500. The van der Waals surface area contributed by atoms with Gasteiger partial charge in [0.15, 0.2) is 0 Å². The molecule has 1 aliphatic carbocycles. The number of carbonyl (C=O) groups is 3. The third-order valence-electron chi connectivity index (χ3n) is 2.90. The molecule has 0 spiro atoms. The molecule has 1 aromatic rings. The van der Waals surface area contributed by atoms with Gasteiger partial charge in [0.2, 0.25) is 0 Å². The van der Waals surface area contributed by atoms with Gasteiger partial charge in [-0.15, -0.1) is 0 Å². The second-order valence-electron chi connectivity index (χ2n) is 4.57.